The van der Waals surface area contributed by atoms with Gasteiger partial charge in [0.25, 0.3) is 0 Å². The SMILES string of the molecule is CCNC(=NCCc1c(C)cc(C)cc1C)N1CCN(S(=O)(=O)Cc2ccon2)CC1.I. The van der Waals surface area contributed by atoms with E-state index >= 15 is 0 Å². The van der Waals surface area contributed by atoms with Crippen LogP contribution in [-0.4, -0.2) is 68.0 Å². The molecule has 1 aliphatic heterocycles. The highest BCUT2D eigenvalue weighted by Gasteiger charge is 2.29. The van der Waals surface area contributed by atoms with Gasteiger partial charge in [0.15, 0.2) is 5.96 Å². The second-order valence-electron chi connectivity index (χ2n) is 8.00. The molecular weight excluding hydrogens is 541 g/mol. The van der Waals surface area contributed by atoms with Crippen molar-refractivity contribution in [3.63, 3.8) is 0 Å². The Kier molecular flexibility index (Phi) is 9.96. The molecule has 8 nitrogen and oxygen atoms in total. The summed E-state index contributed by atoms with van der Waals surface area (Å²) in [6.07, 6.45) is 2.28. The molecule has 0 radical (unpaired) electrons. The zero-order valence-electron chi connectivity index (χ0n) is 19.3. The van der Waals surface area contributed by atoms with Crippen LogP contribution in [0.3, 0.4) is 0 Å². The molecule has 2 aromatic rings. The molecule has 1 aromatic heterocycles. The van der Waals surface area contributed by atoms with Crippen LogP contribution in [0.25, 0.3) is 0 Å². The first-order valence-electron chi connectivity index (χ1n) is 10.8. The number of aryl methyl sites for hydroxylation is 3. The molecule has 178 valence electrons. The quantitative estimate of drug-likeness (QED) is 0.310. The Balaban J connectivity index is 0.00000363. The molecule has 3 rings (SSSR count). The highest BCUT2D eigenvalue weighted by molar-refractivity contribution is 14.0. The summed E-state index contributed by atoms with van der Waals surface area (Å²) in [5.74, 6) is 0.714. The molecule has 0 unspecified atom stereocenters. The van der Waals surface area contributed by atoms with Gasteiger partial charge in [0.05, 0.1) is 5.69 Å². The molecule has 10 heteroatoms. The van der Waals surface area contributed by atoms with E-state index in [1.807, 2.05) is 6.92 Å². The van der Waals surface area contributed by atoms with Crippen molar-refractivity contribution in [1.29, 1.82) is 0 Å². The maximum atomic E-state index is 12.7. The van der Waals surface area contributed by atoms with Gasteiger partial charge in [-0.2, -0.15) is 4.31 Å². The van der Waals surface area contributed by atoms with Gasteiger partial charge in [0.1, 0.15) is 12.0 Å². The van der Waals surface area contributed by atoms with Gasteiger partial charge in [0, 0.05) is 45.3 Å². The number of hydrogen-bond donors (Lipinski definition) is 1. The summed E-state index contributed by atoms with van der Waals surface area (Å²) in [5.41, 5.74) is 5.69. The number of hydrogen-bond acceptors (Lipinski definition) is 5. The lowest BCUT2D eigenvalue weighted by Crippen LogP contribution is -2.54. The number of benzene rings is 1. The zero-order chi connectivity index (χ0) is 22.4. The van der Waals surface area contributed by atoms with Crippen LogP contribution in [0.4, 0.5) is 0 Å². The van der Waals surface area contributed by atoms with Crippen molar-refractivity contribution in [3.05, 3.63) is 52.4 Å². The molecule has 1 fully saturated rings. The van der Waals surface area contributed by atoms with Gasteiger partial charge in [0.2, 0.25) is 10.0 Å². The minimum atomic E-state index is -3.41. The number of sulfonamides is 1. The lowest BCUT2D eigenvalue weighted by Gasteiger charge is -2.35. The van der Waals surface area contributed by atoms with Gasteiger partial charge in [-0.1, -0.05) is 22.9 Å². The van der Waals surface area contributed by atoms with E-state index in [2.05, 4.69) is 48.3 Å². The number of halogens is 1. The standard InChI is InChI=1S/C22H33N5O3S.HI/c1-5-23-22(24-8-6-21-18(3)14-17(2)15-19(21)4)26-9-11-27(12-10-26)31(28,29)16-20-7-13-30-25-20;/h7,13-15H,5-6,8-12,16H2,1-4H3,(H,23,24);1H. The number of nitrogens with zero attached hydrogens (tertiary/aromatic N) is 4. The van der Waals surface area contributed by atoms with E-state index in [-0.39, 0.29) is 29.7 Å². The Morgan fingerprint density at radius 2 is 1.81 bits per heavy atom. The predicted molar refractivity (Wildman–Crippen MR) is 138 cm³/mol. The minimum absolute atomic E-state index is 0. The van der Waals surface area contributed by atoms with E-state index in [4.69, 9.17) is 9.52 Å². The van der Waals surface area contributed by atoms with Crippen molar-refractivity contribution in [2.45, 2.75) is 39.9 Å². The number of nitrogens with one attached hydrogen (secondary N) is 1. The van der Waals surface area contributed by atoms with Gasteiger partial charge in [-0.3, -0.25) is 4.99 Å². The smallest absolute Gasteiger partial charge is 0.220 e. The molecule has 0 bridgehead atoms. The summed E-state index contributed by atoms with van der Waals surface area (Å²) in [4.78, 5) is 6.97. The monoisotopic (exact) mass is 575 g/mol. The zero-order valence-corrected chi connectivity index (χ0v) is 22.4. The Bertz CT molecular complexity index is 978. The van der Waals surface area contributed by atoms with Gasteiger partial charge in [-0.05, 0) is 50.8 Å². The first-order chi connectivity index (χ1) is 14.8. The van der Waals surface area contributed by atoms with Crippen molar-refractivity contribution in [3.8, 4) is 0 Å². The molecule has 0 saturated carbocycles. The van der Waals surface area contributed by atoms with E-state index < -0.39 is 10.0 Å². The third-order valence-electron chi connectivity index (χ3n) is 5.55. The van der Waals surface area contributed by atoms with E-state index in [0.717, 1.165) is 18.9 Å². The highest BCUT2D eigenvalue weighted by atomic mass is 127. The molecule has 32 heavy (non-hydrogen) atoms. The molecule has 0 atom stereocenters. The summed E-state index contributed by atoms with van der Waals surface area (Å²) in [6, 6.07) is 6.02. The van der Waals surface area contributed by atoms with Crippen LogP contribution in [0.5, 0.6) is 0 Å². The molecule has 0 amide bonds. The fourth-order valence-corrected chi connectivity index (χ4v) is 5.50. The lowest BCUT2D eigenvalue weighted by molar-refractivity contribution is 0.260. The van der Waals surface area contributed by atoms with Crippen LogP contribution in [-0.2, 0) is 22.2 Å². The van der Waals surface area contributed by atoms with Crippen LogP contribution in [0.15, 0.2) is 34.0 Å². The predicted octanol–water partition coefficient (Wildman–Crippen LogP) is 2.87. The summed E-state index contributed by atoms with van der Waals surface area (Å²) in [5, 5.41) is 7.07. The van der Waals surface area contributed by atoms with Gasteiger partial charge in [-0.15, -0.1) is 24.0 Å². The van der Waals surface area contributed by atoms with Crippen molar-refractivity contribution >= 4 is 40.0 Å². The summed E-state index contributed by atoms with van der Waals surface area (Å²) in [7, 11) is -3.41. The van der Waals surface area contributed by atoms with E-state index in [0.29, 0.717) is 38.4 Å². The number of aromatic nitrogens is 1. The van der Waals surface area contributed by atoms with Crippen molar-refractivity contribution in [1.82, 2.24) is 19.7 Å². The van der Waals surface area contributed by atoms with E-state index in [1.165, 1.54) is 32.8 Å². The van der Waals surface area contributed by atoms with Crippen LogP contribution in [0, 0.1) is 20.8 Å². The number of aliphatic imine (C=N–C) groups is 1. The summed E-state index contributed by atoms with van der Waals surface area (Å²) < 4.78 is 31.6. The molecule has 1 saturated heterocycles. The third kappa shape index (κ3) is 6.92. The molecular formula is C22H34IN5O3S. The van der Waals surface area contributed by atoms with Gasteiger partial charge in [-0.25, -0.2) is 8.42 Å². The van der Waals surface area contributed by atoms with Crippen molar-refractivity contribution in [2.75, 3.05) is 39.3 Å². The minimum Gasteiger partial charge on any atom is -0.364 e. The van der Waals surface area contributed by atoms with E-state index in [9.17, 15) is 8.42 Å². The average Bonchev–Trinajstić information content (AvgIpc) is 3.21. The Morgan fingerprint density at radius 1 is 1.16 bits per heavy atom. The Hall–Kier alpha value is -1.66. The third-order valence-corrected chi connectivity index (χ3v) is 7.36. The van der Waals surface area contributed by atoms with Crippen molar-refractivity contribution < 1.29 is 12.9 Å². The van der Waals surface area contributed by atoms with Gasteiger partial charge >= 0.3 is 0 Å². The molecule has 1 N–H and O–H groups in total. The fraction of sp³-hybridized carbons (Fsp3) is 0.545. The molecule has 1 aliphatic rings. The number of guanidine groups is 1. The Labute approximate surface area is 208 Å². The largest absolute Gasteiger partial charge is 0.364 e. The number of piperazine rings is 1. The summed E-state index contributed by atoms with van der Waals surface area (Å²) >= 11 is 0. The molecule has 0 spiro atoms. The Morgan fingerprint density at radius 3 is 2.38 bits per heavy atom. The molecule has 0 aliphatic carbocycles. The molecule has 1 aromatic carbocycles. The van der Waals surface area contributed by atoms with Crippen LogP contribution >= 0.6 is 24.0 Å². The second-order valence-corrected chi connectivity index (χ2v) is 9.96. The average molecular weight is 576 g/mol. The first kappa shape index (κ1) is 26.6. The van der Waals surface area contributed by atoms with Crippen molar-refractivity contribution in [2.24, 2.45) is 4.99 Å². The van der Waals surface area contributed by atoms with Crippen LogP contribution < -0.4 is 5.32 Å². The first-order valence-corrected chi connectivity index (χ1v) is 12.4. The maximum absolute atomic E-state index is 12.7. The van der Waals surface area contributed by atoms with Crippen LogP contribution in [0.2, 0.25) is 0 Å². The van der Waals surface area contributed by atoms with Crippen LogP contribution in [0.1, 0.15) is 34.9 Å². The van der Waals surface area contributed by atoms with Gasteiger partial charge < -0.3 is 14.7 Å². The summed E-state index contributed by atoms with van der Waals surface area (Å²) in [6.45, 7) is 12.0. The number of rotatable bonds is 7. The maximum Gasteiger partial charge on any atom is 0.220 e. The van der Waals surface area contributed by atoms with E-state index in [1.54, 1.807) is 6.07 Å². The second kappa shape index (κ2) is 12.0. The topological polar surface area (TPSA) is 91.0 Å². The lowest BCUT2D eigenvalue weighted by atomic mass is 9.97. The fourth-order valence-electron chi connectivity index (χ4n) is 4.07. The highest BCUT2D eigenvalue weighted by Crippen LogP contribution is 2.17. The molecule has 2 heterocycles. The normalized spacial score (nSPS) is 15.5.